The summed E-state index contributed by atoms with van der Waals surface area (Å²) in [5, 5.41) is 0. The van der Waals surface area contributed by atoms with E-state index in [1.54, 1.807) is 37.4 Å². The maximum absolute atomic E-state index is 12.4. The standard InChI is InChI=1S/C15H14BrNO2/c1-9-8-10(6-7-13(9)19-2)15(18)11-4-3-5-12(17)14(11)16/h3-8H,17H2,1-2H3. The van der Waals surface area contributed by atoms with E-state index in [-0.39, 0.29) is 5.78 Å². The van der Waals surface area contributed by atoms with Gasteiger partial charge < -0.3 is 10.5 Å². The van der Waals surface area contributed by atoms with Crippen molar-refractivity contribution in [3.63, 3.8) is 0 Å². The Kier molecular flexibility index (Phi) is 3.90. The highest BCUT2D eigenvalue weighted by atomic mass is 79.9. The Morgan fingerprint density at radius 1 is 1.26 bits per heavy atom. The molecule has 0 bridgehead atoms. The average Bonchev–Trinajstić information content (AvgIpc) is 2.41. The molecule has 0 aliphatic rings. The van der Waals surface area contributed by atoms with Crippen molar-refractivity contribution in [2.24, 2.45) is 0 Å². The van der Waals surface area contributed by atoms with E-state index in [2.05, 4.69) is 15.9 Å². The molecular formula is C15H14BrNO2. The Labute approximate surface area is 120 Å². The highest BCUT2D eigenvalue weighted by molar-refractivity contribution is 9.10. The number of carbonyl (C=O) groups excluding carboxylic acids is 1. The van der Waals surface area contributed by atoms with E-state index in [1.165, 1.54) is 0 Å². The van der Waals surface area contributed by atoms with Crippen molar-refractivity contribution in [2.45, 2.75) is 6.92 Å². The van der Waals surface area contributed by atoms with Crippen LogP contribution in [0.4, 0.5) is 5.69 Å². The molecule has 4 heteroatoms. The molecule has 0 atom stereocenters. The van der Waals surface area contributed by atoms with Gasteiger partial charge in [-0.25, -0.2) is 0 Å². The maximum atomic E-state index is 12.4. The first-order chi connectivity index (χ1) is 9.04. The lowest BCUT2D eigenvalue weighted by atomic mass is 10.0. The third kappa shape index (κ3) is 2.63. The summed E-state index contributed by atoms with van der Waals surface area (Å²) in [7, 11) is 1.61. The van der Waals surface area contributed by atoms with Gasteiger partial charge in [0, 0.05) is 16.8 Å². The number of hydrogen-bond acceptors (Lipinski definition) is 3. The molecule has 2 aromatic rings. The van der Waals surface area contributed by atoms with Gasteiger partial charge in [0.2, 0.25) is 0 Å². The normalized spacial score (nSPS) is 10.3. The maximum Gasteiger partial charge on any atom is 0.194 e. The minimum atomic E-state index is -0.0649. The fraction of sp³-hybridized carbons (Fsp3) is 0.133. The predicted octanol–water partition coefficient (Wildman–Crippen LogP) is 3.58. The fourth-order valence-electron chi connectivity index (χ4n) is 1.90. The van der Waals surface area contributed by atoms with E-state index in [0.29, 0.717) is 21.3 Å². The zero-order chi connectivity index (χ0) is 14.0. The molecule has 19 heavy (non-hydrogen) atoms. The molecule has 0 fully saturated rings. The molecule has 0 spiro atoms. The number of nitrogen functional groups attached to an aromatic ring is 1. The van der Waals surface area contributed by atoms with Crippen molar-refractivity contribution in [2.75, 3.05) is 12.8 Å². The number of nitrogens with two attached hydrogens (primary N) is 1. The van der Waals surface area contributed by atoms with E-state index >= 15 is 0 Å². The summed E-state index contributed by atoms with van der Waals surface area (Å²) in [5.41, 5.74) is 8.44. The van der Waals surface area contributed by atoms with Gasteiger partial charge >= 0.3 is 0 Å². The van der Waals surface area contributed by atoms with E-state index in [4.69, 9.17) is 10.5 Å². The lowest BCUT2D eigenvalue weighted by Gasteiger charge is -2.09. The molecule has 0 saturated carbocycles. The van der Waals surface area contributed by atoms with Crippen molar-refractivity contribution in [1.82, 2.24) is 0 Å². The van der Waals surface area contributed by atoms with Gasteiger partial charge in [0.15, 0.2) is 5.78 Å². The number of carbonyl (C=O) groups is 1. The molecule has 0 aliphatic carbocycles. The second kappa shape index (κ2) is 5.45. The average molecular weight is 320 g/mol. The fourth-order valence-corrected chi connectivity index (χ4v) is 2.34. The Bertz CT molecular complexity index is 638. The summed E-state index contributed by atoms with van der Waals surface area (Å²) in [6.45, 7) is 1.91. The largest absolute Gasteiger partial charge is 0.496 e. The van der Waals surface area contributed by atoms with Crippen LogP contribution in [0, 0.1) is 6.92 Å². The van der Waals surface area contributed by atoms with Crippen molar-refractivity contribution < 1.29 is 9.53 Å². The van der Waals surface area contributed by atoms with E-state index in [1.807, 2.05) is 13.0 Å². The van der Waals surface area contributed by atoms with Gasteiger partial charge in [-0.15, -0.1) is 0 Å². The highest BCUT2D eigenvalue weighted by Crippen LogP contribution is 2.27. The zero-order valence-corrected chi connectivity index (χ0v) is 12.3. The summed E-state index contributed by atoms with van der Waals surface area (Å²) in [6.07, 6.45) is 0. The summed E-state index contributed by atoms with van der Waals surface area (Å²) in [6, 6.07) is 10.6. The van der Waals surface area contributed by atoms with E-state index < -0.39 is 0 Å². The van der Waals surface area contributed by atoms with Gasteiger partial charge in [-0.3, -0.25) is 4.79 Å². The SMILES string of the molecule is COc1ccc(C(=O)c2cccc(N)c2Br)cc1C. The number of hydrogen-bond donors (Lipinski definition) is 1. The van der Waals surface area contributed by atoms with Crippen LogP contribution in [0.2, 0.25) is 0 Å². The van der Waals surface area contributed by atoms with Crippen LogP contribution >= 0.6 is 15.9 Å². The van der Waals surface area contributed by atoms with Gasteiger partial charge in [-0.2, -0.15) is 0 Å². The van der Waals surface area contributed by atoms with E-state index in [0.717, 1.165) is 11.3 Å². The number of halogens is 1. The first kappa shape index (κ1) is 13.6. The van der Waals surface area contributed by atoms with Gasteiger partial charge in [-0.1, -0.05) is 6.07 Å². The molecule has 0 unspecified atom stereocenters. The van der Waals surface area contributed by atoms with Crippen molar-refractivity contribution in [1.29, 1.82) is 0 Å². The first-order valence-corrected chi connectivity index (χ1v) is 6.57. The molecule has 3 nitrogen and oxygen atoms in total. The Hall–Kier alpha value is -1.81. The molecule has 2 N–H and O–H groups in total. The zero-order valence-electron chi connectivity index (χ0n) is 10.7. The molecule has 2 aromatic carbocycles. The highest BCUT2D eigenvalue weighted by Gasteiger charge is 2.14. The first-order valence-electron chi connectivity index (χ1n) is 5.78. The number of methoxy groups -OCH3 is 1. The van der Waals surface area contributed by atoms with Crippen molar-refractivity contribution >= 4 is 27.4 Å². The second-order valence-electron chi connectivity index (χ2n) is 4.22. The number of rotatable bonds is 3. The third-order valence-corrected chi connectivity index (χ3v) is 3.82. The van der Waals surface area contributed by atoms with Crippen LogP contribution in [0.25, 0.3) is 0 Å². The van der Waals surface area contributed by atoms with Gasteiger partial charge in [0.05, 0.1) is 11.6 Å². The van der Waals surface area contributed by atoms with Crippen molar-refractivity contribution in [3.05, 3.63) is 57.6 Å². The molecule has 0 aliphatic heterocycles. The minimum absolute atomic E-state index is 0.0649. The van der Waals surface area contributed by atoms with Crippen LogP contribution in [0.1, 0.15) is 21.5 Å². The van der Waals surface area contributed by atoms with Crippen LogP contribution in [-0.2, 0) is 0 Å². The molecule has 0 radical (unpaired) electrons. The molecule has 98 valence electrons. The quantitative estimate of drug-likeness (QED) is 0.695. The van der Waals surface area contributed by atoms with Crippen LogP contribution in [0.5, 0.6) is 5.75 Å². The predicted molar refractivity (Wildman–Crippen MR) is 79.7 cm³/mol. The Balaban J connectivity index is 2.44. The summed E-state index contributed by atoms with van der Waals surface area (Å²) in [4.78, 5) is 12.4. The summed E-state index contributed by atoms with van der Waals surface area (Å²) >= 11 is 3.35. The smallest absolute Gasteiger partial charge is 0.194 e. The molecule has 0 aromatic heterocycles. The lowest BCUT2D eigenvalue weighted by molar-refractivity contribution is 0.103. The number of ether oxygens (including phenoxy) is 1. The van der Waals surface area contributed by atoms with Gasteiger partial charge in [0.25, 0.3) is 0 Å². The van der Waals surface area contributed by atoms with Crippen LogP contribution in [0.15, 0.2) is 40.9 Å². The lowest BCUT2D eigenvalue weighted by Crippen LogP contribution is -2.04. The van der Waals surface area contributed by atoms with Crippen molar-refractivity contribution in [3.8, 4) is 5.75 Å². The third-order valence-electron chi connectivity index (χ3n) is 2.93. The van der Waals surface area contributed by atoms with Gasteiger partial charge in [0.1, 0.15) is 5.75 Å². The second-order valence-corrected chi connectivity index (χ2v) is 5.02. The van der Waals surface area contributed by atoms with Crippen LogP contribution < -0.4 is 10.5 Å². The van der Waals surface area contributed by atoms with Crippen LogP contribution in [0.3, 0.4) is 0 Å². The summed E-state index contributed by atoms with van der Waals surface area (Å²) in [5.74, 6) is 0.702. The monoisotopic (exact) mass is 319 g/mol. The van der Waals surface area contributed by atoms with Gasteiger partial charge in [-0.05, 0) is 58.7 Å². The molecule has 0 amide bonds. The molecule has 2 rings (SSSR count). The number of benzene rings is 2. The Morgan fingerprint density at radius 3 is 2.63 bits per heavy atom. The number of anilines is 1. The number of aryl methyl sites for hydroxylation is 1. The summed E-state index contributed by atoms with van der Waals surface area (Å²) < 4.78 is 5.82. The Morgan fingerprint density at radius 2 is 2.00 bits per heavy atom. The molecular weight excluding hydrogens is 306 g/mol. The molecule has 0 saturated heterocycles. The van der Waals surface area contributed by atoms with Crippen LogP contribution in [-0.4, -0.2) is 12.9 Å². The number of ketones is 1. The van der Waals surface area contributed by atoms with E-state index in [9.17, 15) is 4.79 Å². The minimum Gasteiger partial charge on any atom is -0.496 e. The topological polar surface area (TPSA) is 52.3 Å². The molecule has 0 heterocycles.